The SMILES string of the molecule is CC(C)(C)OC(=O)C(C)(C)N1Cc2cc(N=C(N)c3c(NC4(CC#N)CCCC4)cc[nH]c3=O)ccc2C1=O. The number of aliphatic imine (C=N–C) groups is 1. The third-order valence-electron chi connectivity index (χ3n) is 7.31. The zero-order valence-electron chi connectivity index (χ0n) is 23.2. The second-order valence-electron chi connectivity index (χ2n) is 11.8. The fourth-order valence-electron chi connectivity index (χ4n) is 5.21. The molecule has 0 spiro atoms. The molecule has 0 radical (unpaired) electrons. The van der Waals surface area contributed by atoms with E-state index in [1.54, 1.807) is 65.1 Å². The first kappa shape index (κ1) is 27.9. The van der Waals surface area contributed by atoms with Crippen LogP contribution in [-0.4, -0.2) is 44.3 Å². The lowest BCUT2D eigenvalue weighted by Crippen LogP contribution is -2.52. The number of carbonyl (C=O) groups excluding carboxylic acids is 2. The maximum atomic E-state index is 13.2. The van der Waals surface area contributed by atoms with Gasteiger partial charge in [-0.1, -0.05) is 12.8 Å². The number of nitrogens with two attached hydrogens (primary N) is 1. The Kier molecular flexibility index (Phi) is 7.30. The quantitative estimate of drug-likeness (QED) is 0.275. The second kappa shape index (κ2) is 10.2. The van der Waals surface area contributed by atoms with Crippen molar-refractivity contribution in [2.45, 2.75) is 89.9 Å². The van der Waals surface area contributed by atoms with Crippen LogP contribution < -0.4 is 16.6 Å². The van der Waals surface area contributed by atoms with E-state index in [2.05, 4.69) is 21.4 Å². The van der Waals surface area contributed by atoms with Gasteiger partial charge in [0.15, 0.2) is 0 Å². The Morgan fingerprint density at radius 2 is 1.90 bits per heavy atom. The van der Waals surface area contributed by atoms with E-state index >= 15 is 0 Å². The van der Waals surface area contributed by atoms with Gasteiger partial charge >= 0.3 is 5.97 Å². The fraction of sp³-hybridized carbons (Fsp3) is 0.483. The van der Waals surface area contributed by atoms with Gasteiger partial charge in [0.05, 0.1) is 29.4 Å². The molecule has 2 heterocycles. The minimum atomic E-state index is -1.18. The highest BCUT2D eigenvalue weighted by atomic mass is 16.6. The Morgan fingerprint density at radius 1 is 1.21 bits per heavy atom. The third kappa shape index (κ3) is 5.67. The van der Waals surface area contributed by atoms with Crippen molar-refractivity contribution < 1.29 is 14.3 Å². The number of aromatic amines is 1. The van der Waals surface area contributed by atoms with Gasteiger partial charge in [-0.05, 0) is 77.3 Å². The first-order chi connectivity index (χ1) is 18.3. The molecular formula is C29H36N6O4. The van der Waals surface area contributed by atoms with Crippen LogP contribution in [0.25, 0.3) is 0 Å². The summed E-state index contributed by atoms with van der Waals surface area (Å²) in [7, 11) is 0. The molecule has 0 atom stereocenters. The number of anilines is 1. The number of H-pyrrole nitrogens is 1. The summed E-state index contributed by atoms with van der Waals surface area (Å²) in [6.45, 7) is 8.90. The number of benzene rings is 1. The van der Waals surface area contributed by atoms with Crippen molar-refractivity contribution in [3.8, 4) is 6.07 Å². The number of pyridine rings is 1. The Balaban J connectivity index is 1.62. The van der Waals surface area contributed by atoms with Gasteiger partial charge in [0.25, 0.3) is 11.5 Å². The van der Waals surface area contributed by atoms with Crippen LogP contribution in [-0.2, 0) is 16.1 Å². The Hall–Kier alpha value is -4.13. The van der Waals surface area contributed by atoms with E-state index in [0.29, 0.717) is 28.9 Å². The first-order valence-electron chi connectivity index (χ1n) is 13.2. The summed E-state index contributed by atoms with van der Waals surface area (Å²) in [6.07, 6.45) is 5.54. The van der Waals surface area contributed by atoms with E-state index in [-0.39, 0.29) is 23.9 Å². The third-order valence-corrected chi connectivity index (χ3v) is 7.31. The second-order valence-corrected chi connectivity index (χ2v) is 11.8. The zero-order valence-corrected chi connectivity index (χ0v) is 23.2. The van der Waals surface area contributed by atoms with E-state index in [9.17, 15) is 19.6 Å². The molecule has 10 nitrogen and oxygen atoms in total. The van der Waals surface area contributed by atoms with Gasteiger partial charge in [0, 0.05) is 18.3 Å². The molecule has 1 aliphatic carbocycles. The normalized spacial score (nSPS) is 17.1. The molecule has 2 aliphatic rings. The number of rotatable bonds is 7. The highest BCUT2D eigenvalue weighted by Crippen LogP contribution is 2.37. The molecule has 1 aromatic heterocycles. The van der Waals surface area contributed by atoms with E-state index in [1.165, 1.54) is 4.90 Å². The van der Waals surface area contributed by atoms with Gasteiger partial charge in [0.2, 0.25) is 0 Å². The summed E-state index contributed by atoms with van der Waals surface area (Å²) in [5, 5.41) is 12.8. The number of hydrogen-bond donors (Lipinski definition) is 3. The molecule has 1 amide bonds. The summed E-state index contributed by atoms with van der Waals surface area (Å²) < 4.78 is 5.55. The summed E-state index contributed by atoms with van der Waals surface area (Å²) >= 11 is 0. The maximum Gasteiger partial charge on any atom is 0.332 e. The zero-order chi connectivity index (χ0) is 28.6. The largest absolute Gasteiger partial charge is 0.458 e. The molecule has 10 heteroatoms. The number of nitrogens with one attached hydrogen (secondary N) is 2. The van der Waals surface area contributed by atoms with Crippen LogP contribution in [0.4, 0.5) is 11.4 Å². The van der Waals surface area contributed by atoms with Crippen LogP contribution in [0, 0.1) is 11.3 Å². The molecule has 0 saturated heterocycles. The minimum Gasteiger partial charge on any atom is -0.458 e. The van der Waals surface area contributed by atoms with Crippen LogP contribution in [0.15, 0.2) is 40.2 Å². The highest BCUT2D eigenvalue weighted by molar-refractivity contribution is 6.04. The van der Waals surface area contributed by atoms with E-state index in [1.807, 2.05) is 0 Å². The topological polar surface area (TPSA) is 154 Å². The number of fused-ring (bicyclic) bond motifs is 1. The molecule has 0 bridgehead atoms. The number of amidine groups is 1. The van der Waals surface area contributed by atoms with Gasteiger partial charge in [-0.25, -0.2) is 9.79 Å². The fourth-order valence-corrected chi connectivity index (χ4v) is 5.21. The predicted octanol–water partition coefficient (Wildman–Crippen LogP) is 4.13. The van der Waals surface area contributed by atoms with Gasteiger partial charge in [0.1, 0.15) is 22.5 Å². The lowest BCUT2D eigenvalue weighted by Gasteiger charge is -2.35. The molecule has 4 N–H and O–H groups in total. The Morgan fingerprint density at radius 3 is 2.54 bits per heavy atom. The maximum absolute atomic E-state index is 13.2. The van der Waals surface area contributed by atoms with Gasteiger partial charge in [-0.15, -0.1) is 0 Å². The van der Waals surface area contributed by atoms with Crippen LogP contribution in [0.5, 0.6) is 0 Å². The minimum absolute atomic E-state index is 0.0136. The van der Waals surface area contributed by atoms with Crippen molar-refractivity contribution in [3.63, 3.8) is 0 Å². The number of aromatic nitrogens is 1. The smallest absolute Gasteiger partial charge is 0.332 e. The number of ether oxygens (including phenoxy) is 1. The summed E-state index contributed by atoms with van der Waals surface area (Å²) in [5.41, 5.74) is 6.08. The van der Waals surface area contributed by atoms with E-state index < -0.39 is 28.2 Å². The summed E-state index contributed by atoms with van der Waals surface area (Å²) in [5.74, 6) is -0.743. The molecule has 0 unspecified atom stereocenters. The van der Waals surface area contributed by atoms with Crippen LogP contribution in [0.3, 0.4) is 0 Å². The number of amides is 1. The van der Waals surface area contributed by atoms with Gasteiger partial charge in [-0.3, -0.25) is 9.59 Å². The standard InChI is InChI=1S/C29H36N6O4/c1-27(2,3)39-26(38)28(4,5)35-17-18-16-19(8-9-20(18)25(35)37)33-23(31)22-21(10-15-32-24(22)36)34-29(13-14-30)11-6-7-12-29/h8-10,15-16H,6-7,11-13,17H2,1-5H3,(H2,31,33)(H2,32,34,36). The predicted molar refractivity (Wildman–Crippen MR) is 149 cm³/mol. The Labute approximate surface area is 228 Å². The number of nitriles is 1. The van der Waals surface area contributed by atoms with Crippen LogP contribution in [0.2, 0.25) is 0 Å². The monoisotopic (exact) mass is 532 g/mol. The number of carbonyl (C=O) groups is 2. The number of esters is 1. The Bertz CT molecular complexity index is 1420. The van der Waals surface area contributed by atoms with Crippen molar-refractivity contribution in [1.29, 1.82) is 5.26 Å². The van der Waals surface area contributed by atoms with E-state index in [4.69, 9.17) is 10.5 Å². The molecule has 1 aliphatic heterocycles. The molecule has 1 aromatic carbocycles. The summed E-state index contributed by atoms with van der Waals surface area (Å²) in [6, 6.07) is 9.05. The van der Waals surface area contributed by atoms with Gasteiger partial charge < -0.3 is 25.7 Å². The van der Waals surface area contributed by atoms with Crippen molar-refractivity contribution >= 4 is 29.1 Å². The van der Waals surface area contributed by atoms with E-state index in [0.717, 1.165) is 25.7 Å². The molecule has 39 heavy (non-hydrogen) atoms. The van der Waals surface area contributed by atoms with Crippen molar-refractivity contribution in [3.05, 3.63) is 57.5 Å². The first-order valence-corrected chi connectivity index (χ1v) is 13.2. The van der Waals surface area contributed by atoms with Crippen LogP contribution in [0.1, 0.15) is 88.2 Å². The average Bonchev–Trinajstić information content (AvgIpc) is 3.42. The lowest BCUT2D eigenvalue weighted by atomic mass is 9.93. The molecule has 1 fully saturated rings. The molecule has 4 rings (SSSR count). The van der Waals surface area contributed by atoms with Crippen LogP contribution >= 0.6 is 0 Å². The number of nitrogens with zero attached hydrogens (tertiary/aromatic N) is 3. The molecule has 1 saturated carbocycles. The lowest BCUT2D eigenvalue weighted by molar-refractivity contribution is -0.166. The molecule has 2 aromatic rings. The van der Waals surface area contributed by atoms with Crippen molar-refractivity contribution in [2.24, 2.45) is 10.7 Å². The summed E-state index contributed by atoms with van der Waals surface area (Å²) in [4.78, 5) is 47.6. The number of hydrogen-bond acceptors (Lipinski definition) is 7. The molecule has 206 valence electrons. The van der Waals surface area contributed by atoms with Crippen molar-refractivity contribution in [1.82, 2.24) is 9.88 Å². The van der Waals surface area contributed by atoms with Crippen molar-refractivity contribution in [2.75, 3.05) is 5.32 Å². The average molecular weight is 533 g/mol. The highest BCUT2D eigenvalue weighted by Gasteiger charge is 2.44. The van der Waals surface area contributed by atoms with Gasteiger partial charge in [-0.2, -0.15) is 5.26 Å². The molecular weight excluding hydrogens is 496 g/mol.